The number of halogens is 1. The number of fused-ring (bicyclic) bond motifs is 1. The number of rotatable bonds is 5. The van der Waals surface area contributed by atoms with Gasteiger partial charge in [0.25, 0.3) is 5.56 Å². The van der Waals surface area contributed by atoms with Gasteiger partial charge in [0.05, 0.1) is 28.5 Å². The predicted octanol–water partition coefficient (Wildman–Crippen LogP) is 3.78. The first-order chi connectivity index (χ1) is 14.9. The Labute approximate surface area is 177 Å². The molecule has 31 heavy (non-hydrogen) atoms. The van der Waals surface area contributed by atoms with Gasteiger partial charge in [-0.2, -0.15) is 0 Å². The number of hydrogen-bond acceptors (Lipinski definition) is 6. The fourth-order valence-corrected chi connectivity index (χ4v) is 3.53. The van der Waals surface area contributed by atoms with Gasteiger partial charge in [0, 0.05) is 17.3 Å². The first-order valence-electron chi connectivity index (χ1n) is 9.49. The van der Waals surface area contributed by atoms with Crippen LogP contribution < -0.4 is 21.8 Å². The Hall–Kier alpha value is -4.20. The summed E-state index contributed by atoms with van der Waals surface area (Å²) >= 11 is 0. The molecule has 0 atom stereocenters. The molecule has 7 nitrogen and oxygen atoms in total. The highest BCUT2D eigenvalue weighted by molar-refractivity contribution is 6.08. The topological polar surface area (TPSA) is 131 Å². The summed E-state index contributed by atoms with van der Waals surface area (Å²) < 4.78 is 20.1. The molecule has 2 heterocycles. The summed E-state index contributed by atoms with van der Waals surface area (Å²) in [5.41, 5.74) is 14.0. The average Bonchev–Trinajstić information content (AvgIpc) is 2.77. The van der Waals surface area contributed by atoms with Crippen LogP contribution in [0.15, 0.2) is 53.5 Å². The van der Waals surface area contributed by atoms with Crippen molar-refractivity contribution >= 4 is 28.5 Å². The molecular formula is C23H20FN5O2. The molecule has 0 aliphatic heterocycles. The maximum absolute atomic E-state index is 14.0. The lowest BCUT2D eigenvalue weighted by molar-refractivity contribution is 0.309. The van der Waals surface area contributed by atoms with E-state index in [0.717, 1.165) is 11.8 Å². The van der Waals surface area contributed by atoms with Gasteiger partial charge in [0.1, 0.15) is 23.9 Å². The molecule has 2 aromatic carbocycles. The largest absolute Gasteiger partial charge is 0.487 e. The van der Waals surface area contributed by atoms with Crippen molar-refractivity contribution in [3.05, 3.63) is 81.7 Å². The van der Waals surface area contributed by atoms with E-state index in [9.17, 15) is 9.18 Å². The van der Waals surface area contributed by atoms with E-state index in [-0.39, 0.29) is 23.5 Å². The molecule has 0 bridgehead atoms. The Morgan fingerprint density at radius 2 is 1.90 bits per heavy atom. The number of nitrogens with zero attached hydrogens (tertiary/aromatic N) is 1. The summed E-state index contributed by atoms with van der Waals surface area (Å²) in [4.78, 5) is 19.7. The molecule has 0 aliphatic rings. The van der Waals surface area contributed by atoms with Crippen molar-refractivity contribution in [2.24, 2.45) is 0 Å². The SMILES string of the molecule is Cc1ncc(OCc2ccccc2)c2c(-c3ccc(F)c(N)c3C=N)c(N)c(=O)[nH]c12. The zero-order chi connectivity index (χ0) is 22.1. The highest BCUT2D eigenvalue weighted by atomic mass is 19.1. The zero-order valence-electron chi connectivity index (χ0n) is 16.7. The van der Waals surface area contributed by atoms with Crippen molar-refractivity contribution in [1.29, 1.82) is 5.41 Å². The summed E-state index contributed by atoms with van der Waals surface area (Å²) in [5, 5.41) is 8.26. The molecule has 4 aromatic rings. The van der Waals surface area contributed by atoms with E-state index in [1.807, 2.05) is 30.3 Å². The van der Waals surface area contributed by atoms with Crippen molar-refractivity contribution in [3.8, 4) is 16.9 Å². The molecule has 4 rings (SSSR count). The maximum Gasteiger partial charge on any atom is 0.272 e. The first kappa shape index (κ1) is 20.1. The van der Waals surface area contributed by atoms with E-state index in [4.69, 9.17) is 21.6 Å². The fourth-order valence-electron chi connectivity index (χ4n) is 3.53. The van der Waals surface area contributed by atoms with Gasteiger partial charge in [-0.25, -0.2) is 4.39 Å². The number of aromatic amines is 1. The lowest BCUT2D eigenvalue weighted by atomic mass is 9.94. The Kier molecular flexibility index (Phi) is 5.12. The Morgan fingerprint density at radius 1 is 1.16 bits per heavy atom. The van der Waals surface area contributed by atoms with Gasteiger partial charge in [-0.3, -0.25) is 9.78 Å². The van der Waals surface area contributed by atoms with Crippen molar-refractivity contribution in [2.75, 3.05) is 11.5 Å². The van der Waals surface area contributed by atoms with Crippen LogP contribution in [-0.4, -0.2) is 16.2 Å². The number of aryl methyl sites for hydroxylation is 1. The standard InChI is InChI=1S/C23H20FN5O2/c1-12-22-19(17(10-28-12)31-11-13-5-3-2-4-6-13)18(21(27)23(30)29-22)14-7-8-16(24)20(26)15(14)9-25/h2-10,25H,11,26-27H2,1H3,(H,29,30). The molecule has 0 radical (unpaired) electrons. The van der Waals surface area contributed by atoms with Gasteiger partial charge >= 0.3 is 0 Å². The summed E-state index contributed by atoms with van der Waals surface area (Å²) in [5.74, 6) is -0.269. The van der Waals surface area contributed by atoms with Crippen LogP contribution in [0.2, 0.25) is 0 Å². The number of nitrogen functional groups attached to an aromatic ring is 2. The highest BCUT2D eigenvalue weighted by Crippen LogP contribution is 2.40. The molecule has 0 spiro atoms. The smallest absolute Gasteiger partial charge is 0.272 e. The third-order valence-electron chi connectivity index (χ3n) is 5.12. The number of H-pyrrole nitrogens is 1. The van der Waals surface area contributed by atoms with Gasteiger partial charge in [-0.15, -0.1) is 0 Å². The van der Waals surface area contributed by atoms with Crippen LogP contribution in [0.3, 0.4) is 0 Å². The third kappa shape index (κ3) is 3.48. The second-order valence-corrected chi connectivity index (χ2v) is 7.04. The fraction of sp³-hybridized carbons (Fsp3) is 0.0870. The minimum Gasteiger partial charge on any atom is -0.487 e. The number of nitrogens with one attached hydrogen (secondary N) is 2. The highest BCUT2D eigenvalue weighted by Gasteiger charge is 2.22. The van der Waals surface area contributed by atoms with Crippen molar-refractivity contribution < 1.29 is 9.13 Å². The summed E-state index contributed by atoms with van der Waals surface area (Å²) in [6, 6.07) is 12.2. The number of ether oxygens (including phenoxy) is 1. The number of aromatic nitrogens is 2. The quantitative estimate of drug-likeness (QED) is 0.290. The molecule has 2 aromatic heterocycles. The normalized spacial score (nSPS) is 10.9. The van der Waals surface area contributed by atoms with E-state index in [2.05, 4.69) is 9.97 Å². The molecule has 0 aliphatic carbocycles. The van der Waals surface area contributed by atoms with Crippen LogP contribution in [0.4, 0.5) is 15.8 Å². The van der Waals surface area contributed by atoms with Crippen molar-refractivity contribution in [1.82, 2.24) is 9.97 Å². The third-order valence-corrected chi connectivity index (χ3v) is 5.12. The zero-order valence-corrected chi connectivity index (χ0v) is 16.7. The van der Waals surface area contributed by atoms with Gasteiger partial charge in [-0.05, 0) is 24.1 Å². The Morgan fingerprint density at radius 3 is 2.61 bits per heavy atom. The minimum absolute atomic E-state index is 0.0863. The molecule has 156 valence electrons. The van der Waals surface area contributed by atoms with Gasteiger partial charge < -0.3 is 26.6 Å². The number of hydrogen-bond donors (Lipinski definition) is 4. The average molecular weight is 417 g/mol. The van der Waals surface area contributed by atoms with E-state index < -0.39 is 11.4 Å². The van der Waals surface area contributed by atoms with Crippen LogP contribution in [-0.2, 0) is 6.61 Å². The molecule has 0 fully saturated rings. The number of nitrogens with two attached hydrogens (primary N) is 2. The van der Waals surface area contributed by atoms with E-state index in [1.54, 1.807) is 13.1 Å². The number of anilines is 2. The van der Waals surface area contributed by atoms with Crippen LogP contribution in [0.25, 0.3) is 22.0 Å². The van der Waals surface area contributed by atoms with Crippen molar-refractivity contribution in [3.63, 3.8) is 0 Å². The van der Waals surface area contributed by atoms with E-state index in [1.165, 1.54) is 12.1 Å². The molecule has 0 saturated heterocycles. The maximum atomic E-state index is 14.0. The summed E-state index contributed by atoms with van der Waals surface area (Å²) in [7, 11) is 0. The van der Waals surface area contributed by atoms with Crippen LogP contribution in [0.1, 0.15) is 16.8 Å². The second-order valence-electron chi connectivity index (χ2n) is 7.04. The lowest BCUT2D eigenvalue weighted by Gasteiger charge is -2.17. The number of pyridine rings is 2. The number of benzene rings is 2. The summed E-state index contributed by atoms with van der Waals surface area (Å²) in [6.45, 7) is 2.01. The second kappa shape index (κ2) is 7.91. The predicted molar refractivity (Wildman–Crippen MR) is 120 cm³/mol. The molecular weight excluding hydrogens is 397 g/mol. The minimum atomic E-state index is -0.659. The molecule has 8 heteroatoms. The summed E-state index contributed by atoms with van der Waals surface area (Å²) in [6.07, 6.45) is 2.50. The molecule has 0 saturated carbocycles. The van der Waals surface area contributed by atoms with Crippen molar-refractivity contribution in [2.45, 2.75) is 13.5 Å². The molecule has 0 unspecified atom stereocenters. The van der Waals surface area contributed by atoms with E-state index in [0.29, 0.717) is 33.5 Å². The van der Waals surface area contributed by atoms with E-state index >= 15 is 0 Å². The lowest BCUT2D eigenvalue weighted by Crippen LogP contribution is -2.15. The van der Waals surface area contributed by atoms with Crippen LogP contribution >= 0.6 is 0 Å². The van der Waals surface area contributed by atoms with Gasteiger partial charge in [0.15, 0.2) is 0 Å². The van der Waals surface area contributed by atoms with Gasteiger partial charge in [0.2, 0.25) is 0 Å². The Bertz CT molecular complexity index is 1370. The van der Waals surface area contributed by atoms with Crippen LogP contribution in [0, 0.1) is 18.2 Å². The van der Waals surface area contributed by atoms with Crippen LogP contribution in [0.5, 0.6) is 5.75 Å². The monoisotopic (exact) mass is 417 g/mol. The van der Waals surface area contributed by atoms with Gasteiger partial charge in [-0.1, -0.05) is 36.4 Å². The Balaban J connectivity index is 2.02. The molecule has 0 amide bonds. The molecule has 6 N–H and O–H groups in total. The first-order valence-corrected chi connectivity index (χ1v) is 9.49.